The smallest absolute Gasteiger partial charge is 0.295 e. The molecule has 2 fully saturated rings. The van der Waals surface area contributed by atoms with E-state index in [0.29, 0.717) is 13.1 Å². The highest BCUT2D eigenvalue weighted by molar-refractivity contribution is 7.10. The van der Waals surface area contributed by atoms with Crippen molar-refractivity contribution in [3.63, 3.8) is 0 Å². The number of hydrogen-bond acceptors (Lipinski definition) is 6. The zero-order valence-corrected chi connectivity index (χ0v) is 17.5. The third kappa shape index (κ3) is 3.73. The summed E-state index contributed by atoms with van der Waals surface area (Å²) in [6.07, 6.45) is 2.26. The van der Waals surface area contributed by atoms with E-state index >= 15 is 0 Å². The molecule has 4 rings (SSSR count). The summed E-state index contributed by atoms with van der Waals surface area (Å²) in [6, 6.07) is 6.66. The number of amides is 1. The predicted molar refractivity (Wildman–Crippen MR) is 112 cm³/mol. The van der Waals surface area contributed by atoms with Crippen molar-refractivity contribution in [2.45, 2.75) is 18.9 Å². The van der Waals surface area contributed by atoms with Crippen LogP contribution in [-0.4, -0.2) is 59.9 Å². The quantitative estimate of drug-likeness (QED) is 0.432. The second kappa shape index (κ2) is 8.57. The summed E-state index contributed by atoms with van der Waals surface area (Å²) in [6.45, 7) is 3.00. The number of nitrogens with zero attached hydrogens (tertiary/aromatic N) is 2. The second-order valence-corrected chi connectivity index (χ2v) is 8.38. The lowest BCUT2D eigenvalue weighted by atomic mass is 9.99. The zero-order valence-electron chi connectivity index (χ0n) is 16.6. The molecule has 2 aliphatic rings. The number of carbonyl (C=O) groups excluding carboxylic acids is 2. The number of benzene rings is 1. The van der Waals surface area contributed by atoms with E-state index in [0.717, 1.165) is 36.9 Å². The van der Waals surface area contributed by atoms with Crippen LogP contribution < -0.4 is 4.74 Å². The molecule has 2 aliphatic heterocycles. The van der Waals surface area contributed by atoms with E-state index in [2.05, 4.69) is 4.90 Å². The molecule has 1 aromatic heterocycles. The number of hydrogen-bond donors (Lipinski definition) is 1. The van der Waals surface area contributed by atoms with E-state index in [4.69, 9.17) is 4.74 Å². The molecule has 1 N–H and O–H groups in total. The molecule has 2 aromatic rings. The van der Waals surface area contributed by atoms with Crippen LogP contribution in [0.2, 0.25) is 0 Å². The molecule has 1 unspecified atom stereocenters. The molecule has 0 bridgehead atoms. The van der Waals surface area contributed by atoms with E-state index in [1.54, 1.807) is 0 Å². The molecule has 8 heteroatoms. The van der Waals surface area contributed by atoms with Gasteiger partial charge in [-0.2, -0.15) is 0 Å². The molecule has 6 nitrogen and oxygen atoms in total. The van der Waals surface area contributed by atoms with Crippen molar-refractivity contribution >= 4 is 28.8 Å². The highest BCUT2D eigenvalue weighted by atomic mass is 32.1. The Morgan fingerprint density at radius 3 is 2.67 bits per heavy atom. The monoisotopic (exact) mass is 430 g/mol. The lowest BCUT2D eigenvalue weighted by molar-refractivity contribution is -0.140. The van der Waals surface area contributed by atoms with Crippen LogP contribution in [0, 0.1) is 5.82 Å². The first-order valence-corrected chi connectivity index (χ1v) is 10.8. The Morgan fingerprint density at radius 2 is 2.00 bits per heavy atom. The van der Waals surface area contributed by atoms with Gasteiger partial charge in [0, 0.05) is 18.0 Å². The van der Waals surface area contributed by atoms with Crippen LogP contribution in [0.5, 0.6) is 5.75 Å². The first-order valence-electron chi connectivity index (χ1n) is 9.89. The molecule has 0 spiro atoms. The van der Waals surface area contributed by atoms with Crippen molar-refractivity contribution < 1.29 is 23.8 Å². The van der Waals surface area contributed by atoms with Gasteiger partial charge in [-0.25, -0.2) is 4.39 Å². The molecule has 2 saturated heterocycles. The van der Waals surface area contributed by atoms with E-state index in [1.165, 1.54) is 35.5 Å². The van der Waals surface area contributed by atoms with Gasteiger partial charge in [0.05, 0.1) is 24.3 Å². The van der Waals surface area contributed by atoms with Crippen LogP contribution in [0.1, 0.15) is 29.3 Å². The molecule has 3 heterocycles. The van der Waals surface area contributed by atoms with Crippen molar-refractivity contribution in [1.29, 1.82) is 0 Å². The summed E-state index contributed by atoms with van der Waals surface area (Å²) in [5, 5.41) is 12.9. The Balaban J connectivity index is 1.77. The highest BCUT2D eigenvalue weighted by Gasteiger charge is 2.46. The molecule has 158 valence electrons. The Kier molecular flexibility index (Phi) is 5.87. The molecule has 1 atom stereocenters. The van der Waals surface area contributed by atoms with Gasteiger partial charge in [0.15, 0.2) is 0 Å². The van der Waals surface area contributed by atoms with Gasteiger partial charge in [0.1, 0.15) is 17.3 Å². The highest BCUT2D eigenvalue weighted by Crippen LogP contribution is 2.42. The van der Waals surface area contributed by atoms with Gasteiger partial charge in [-0.05, 0) is 55.6 Å². The Morgan fingerprint density at radius 1 is 1.23 bits per heavy atom. The van der Waals surface area contributed by atoms with E-state index in [1.807, 2.05) is 17.5 Å². The summed E-state index contributed by atoms with van der Waals surface area (Å²) in [4.78, 5) is 30.4. The lowest BCUT2D eigenvalue weighted by Gasteiger charge is -2.26. The standard InChI is InChI=1S/C22H23FN2O4S/c1-29-16-7-6-14(23)13-15(16)20(26)18-19(17-5-4-12-30-17)25(22(28)21(18)27)11-10-24-8-2-3-9-24/h4-7,12-13,19,26H,2-3,8-11H2,1H3/b20-18+. The largest absolute Gasteiger partial charge is 0.507 e. The number of carbonyl (C=O) groups is 2. The number of rotatable bonds is 6. The summed E-state index contributed by atoms with van der Waals surface area (Å²) in [5.41, 5.74) is 0.0179. The Hall–Kier alpha value is -2.71. The minimum absolute atomic E-state index is 0.0345. The molecular weight excluding hydrogens is 407 g/mol. The third-order valence-electron chi connectivity index (χ3n) is 5.63. The van der Waals surface area contributed by atoms with E-state index in [9.17, 15) is 19.1 Å². The Bertz CT molecular complexity index is 983. The summed E-state index contributed by atoms with van der Waals surface area (Å²) < 4.78 is 19.1. The summed E-state index contributed by atoms with van der Waals surface area (Å²) in [5.74, 6) is -2.19. The number of aliphatic hydroxyl groups is 1. The SMILES string of the molecule is COc1ccc(F)cc1/C(O)=C1\C(=O)C(=O)N(CCN2CCCC2)C1c1cccs1. The first kappa shape index (κ1) is 20.6. The fourth-order valence-electron chi connectivity index (χ4n) is 4.12. The van der Waals surface area contributed by atoms with Crippen LogP contribution in [0.3, 0.4) is 0 Å². The Labute approximate surface area is 178 Å². The zero-order chi connectivity index (χ0) is 21.3. The number of methoxy groups -OCH3 is 1. The fourth-order valence-corrected chi connectivity index (χ4v) is 4.96. The number of thiophene rings is 1. The first-order chi connectivity index (χ1) is 14.5. The number of ketones is 1. The van der Waals surface area contributed by atoms with Crippen LogP contribution in [-0.2, 0) is 9.59 Å². The van der Waals surface area contributed by atoms with Crippen molar-refractivity contribution in [1.82, 2.24) is 9.80 Å². The fraction of sp³-hybridized carbons (Fsp3) is 0.364. The van der Waals surface area contributed by atoms with Crippen molar-refractivity contribution in [2.75, 3.05) is 33.3 Å². The van der Waals surface area contributed by atoms with Crippen LogP contribution in [0.4, 0.5) is 4.39 Å². The average molecular weight is 431 g/mol. The van der Waals surface area contributed by atoms with Gasteiger partial charge >= 0.3 is 0 Å². The number of Topliss-reactive ketones (excluding diaryl/α,β-unsaturated/α-hetero) is 1. The molecule has 0 radical (unpaired) electrons. The van der Waals surface area contributed by atoms with Crippen molar-refractivity contribution in [3.8, 4) is 5.75 Å². The van der Waals surface area contributed by atoms with Gasteiger partial charge < -0.3 is 19.6 Å². The topological polar surface area (TPSA) is 70.1 Å². The molecule has 1 aromatic carbocycles. The number of ether oxygens (including phenoxy) is 1. The maximum atomic E-state index is 13.9. The van der Waals surface area contributed by atoms with Crippen LogP contribution >= 0.6 is 11.3 Å². The number of likely N-dealkylation sites (tertiary alicyclic amines) is 2. The van der Waals surface area contributed by atoms with Crippen molar-refractivity contribution in [2.24, 2.45) is 0 Å². The van der Waals surface area contributed by atoms with E-state index in [-0.39, 0.29) is 16.9 Å². The van der Waals surface area contributed by atoms with Gasteiger partial charge in [-0.1, -0.05) is 6.07 Å². The molecular formula is C22H23FN2O4S. The maximum absolute atomic E-state index is 13.9. The summed E-state index contributed by atoms with van der Waals surface area (Å²) >= 11 is 1.41. The average Bonchev–Trinajstić information content (AvgIpc) is 3.49. The normalized spacial score (nSPS) is 21.5. The summed E-state index contributed by atoms with van der Waals surface area (Å²) in [7, 11) is 1.40. The van der Waals surface area contributed by atoms with E-state index < -0.39 is 29.3 Å². The number of halogens is 1. The van der Waals surface area contributed by atoms with Crippen LogP contribution in [0.25, 0.3) is 5.76 Å². The molecule has 1 amide bonds. The van der Waals surface area contributed by atoms with Crippen LogP contribution in [0.15, 0.2) is 41.3 Å². The minimum Gasteiger partial charge on any atom is -0.507 e. The van der Waals surface area contributed by atoms with Gasteiger partial charge in [0.2, 0.25) is 0 Å². The van der Waals surface area contributed by atoms with Gasteiger partial charge in [-0.15, -0.1) is 11.3 Å². The van der Waals surface area contributed by atoms with Gasteiger partial charge in [0.25, 0.3) is 11.7 Å². The van der Waals surface area contributed by atoms with Crippen molar-refractivity contribution in [3.05, 3.63) is 57.5 Å². The minimum atomic E-state index is -0.765. The third-order valence-corrected chi connectivity index (χ3v) is 6.55. The lowest BCUT2D eigenvalue weighted by Crippen LogP contribution is -2.36. The molecule has 30 heavy (non-hydrogen) atoms. The number of aliphatic hydroxyl groups excluding tert-OH is 1. The second-order valence-electron chi connectivity index (χ2n) is 7.40. The molecule has 0 saturated carbocycles. The predicted octanol–water partition coefficient (Wildman–Crippen LogP) is 3.41. The molecule has 0 aliphatic carbocycles. The van der Waals surface area contributed by atoms with Gasteiger partial charge in [-0.3, -0.25) is 9.59 Å². The maximum Gasteiger partial charge on any atom is 0.295 e.